The van der Waals surface area contributed by atoms with Gasteiger partial charge < -0.3 is 9.73 Å². The van der Waals surface area contributed by atoms with E-state index in [0.717, 1.165) is 25.1 Å². The van der Waals surface area contributed by atoms with E-state index in [9.17, 15) is 0 Å². The first-order chi connectivity index (χ1) is 8.74. The number of likely N-dealkylation sites (N-methyl/N-ethyl adjacent to an activating group) is 1. The second-order valence-electron chi connectivity index (χ2n) is 4.17. The number of halogens is 1. The van der Waals surface area contributed by atoms with E-state index in [4.69, 9.17) is 4.42 Å². The maximum Gasteiger partial charge on any atom is 0.108 e. The molecule has 0 radical (unpaired) electrons. The van der Waals surface area contributed by atoms with Gasteiger partial charge in [-0.25, -0.2) is 0 Å². The van der Waals surface area contributed by atoms with Gasteiger partial charge in [0.2, 0.25) is 0 Å². The zero-order valence-electron chi connectivity index (χ0n) is 10.7. The molecule has 0 fully saturated rings. The number of hydrogen-bond donors (Lipinski definition) is 1. The molecule has 0 saturated carbocycles. The van der Waals surface area contributed by atoms with Gasteiger partial charge in [-0.15, -0.1) is 11.3 Å². The van der Waals surface area contributed by atoms with Crippen LogP contribution in [0.4, 0.5) is 0 Å². The van der Waals surface area contributed by atoms with Crippen LogP contribution in [0.25, 0.3) is 0 Å². The van der Waals surface area contributed by atoms with Gasteiger partial charge in [-0.1, -0.05) is 13.8 Å². The third kappa shape index (κ3) is 3.25. The van der Waals surface area contributed by atoms with E-state index >= 15 is 0 Å². The predicted molar refractivity (Wildman–Crippen MR) is 80.2 cm³/mol. The number of aryl methyl sites for hydroxylation is 1. The highest BCUT2D eigenvalue weighted by Crippen LogP contribution is 2.28. The molecule has 18 heavy (non-hydrogen) atoms. The summed E-state index contributed by atoms with van der Waals surface area (Å²) in [6, 6.07) is 6.73. The molecule has 4 heteroatoms. The van der Waals surface area contributed by atoms with Gasteiger partial charge in [-0.2, -0.15) is 0 Å². The van der Waals surface area contributed by atoms with Gasteiger partial charge in [-0.3, -0.25) is 0 Å². The number of thiophene rings is 1. The Morgan fingerprint density at radius 1 is 1.33 bits per heavy atom. The van der Waals surface area contributed by atoms with Crippen molar-refractivity contribution in [1.29, 1.82) is 0 Å². The SMILES string of the molecule is CCNC(Cc1ccc(Br)s1)c1ccoc1CC. The molecule has 2 nitrogen and oxygen atoms in total. The van der Waals surface area contributed by atoms with Crippen LogP contribution >= 0.6 is 27.3 Å². The molecule has 1 atom stereocenters. The number of nitrogens with one attached hydrogen (secondary N) is 1. The standard InChI is InChI=1S/C14H18BrNOS/c1-3-13-11(7-8-17-13)12(16-4-2)9-10-5-6-14(15)18-10/h5-8,12,16H,3-4,9H2,1-2H3. The van der Waals surface area contributed by atoms with Gasteiger partial charge in [0.15, 0.2) is 0 Å². The zero-order valence-corrected chi connectivity index (χ0v) is 13.1. The van der Waals surface area contributed by atoms with E-state index in [1.165, 1.54) is 14.2 Å². The fourth-order valence-corrected chi connectivity index (χ4v) is 3.68. The molecule has 0 spiro atoms. The first kappa shape index (κ1) is 13.8. The van der Waals surface area contributed by atoms with Gasteiger partial charge in [0.05, 0.1) is 10.0 Å². The van der Waals surface area contributed by atoms with E-state index in [1.54, 1.807) is 17.6 Å². The summed E-state index contributed by atoms with van der Waals surface area (Å²) in [5.41, 5.74) is 1.30. The molecule has 0 amide bonds. The highest BCUT2D eigenvalue weighted by Gasteiger charge is 2.17. The fourth-order valence-electron chi connectivity index (χ4n) is 2.15. The smallest absolute Gasteiger partial charge is 0.108 e. The van der Waals surface area contributed by atoms with E-state index in [2.05, 4.69) is 53.3 Å². The molecule has 98 valence electrons. The fraction of sp³-hybridized carbons (Fsp3) is 0.429. The van der Waals surface area contributed by atoms with Crippen LogP contribution in [0.15, 0.2) is 32.7 Å². The van der Waals surface area contributed by atoms with Crippen LogP contribution in [-0.2, 0) is 12.8 Å². The van der Waals surface area contributed by atoms with Gasteiger partial charge in [0, 0.05) is 29.3 Å². The van der Waals surface area contributed by atoms with Crippen LogP contribution in [0.2, 0.25) is 0 Å². The zero-order chi connectivity index (χ0) is 13.0. The van der Waals surface area contributed by atoms with Gasteiger partial charge >= 0.3 is 0 Å². The van der Waals surface area contributed by atoms with Crippen molar-refractivity contribution in [2.45, 2.75) is 32.7 Å². The molecule has 2 heterocycles. The number of rotatable bonds is 6. The molecule has 0 bridgehead atoms. The van der Waals surface area contributed by atoms with Crippen molar-refractivity contribution in [3.8, 4) is 0 Å². The van der Waals surface area contributed by atoms with Crippen LogP contribution in [-0.4, -0.2) is 6.54 Å². The largest absolute Gasteiger partial charge is 0.469 e. The average molecular weight is 328 g/mol. The Bertz CT molecular complexity index is 491. The van der Waals surface area contributed by atoms with Gasteiger partial charge in [0.1, 0.15) is 5.76 Å². The van der Waals surface area contributed by atoms with Crippen molar-refractivity contribution < 1.29 is 4.42 Å². The van der Waals surface area contributed by atoms with E-state index in [1.807, 2.05) is 0 Å². The third-order valence-corrected chi connectivity index (χ3v) is 4.61. The van der Waals surface area contributed by atoms with Crippen LogP contribution in [0, 0.1) is 0 Å². The number of hydrogen-bond acceptors (Lipinski definition) is 3. The van der Waals surface area contributed by atoms with Crippen LogP contribution in [0.3, 0.4) is 0 Å². The number of furan rings is 1. The molecule has 0 aliphatic rings. The Morgan fingerprint density at radius 3 is 2.78 bits per heavy atom. The molecule has 0 aromatic carbocycles. The molecule has 1 unspecified atom stereocenters. The molecule has 0 saturated heterocycles. The summed E-state index contributed by atoms with van der Waals surface area (Å²) >= 11 is 5.32. The van der Waals surface area contributed by atoms with Crippen LogP contribution in [0.1, 0.15) is 36.1 Å². The third-order valence-electron chi connectivity index (χ3n) is 2.96. The van der Waals surface area contributed by atoms with Crippen molar-refractivity contribution in [3.05, 3.63) is 44.4 Å². The summed E-state index contributed by atoms with van der Waals surface area (Å²) in [5, 5.41) is 3.55. The van der Waals surface area contributed by atoms with Crippen molar-refractivity contribution >= 4 is 27.3 Å². The van der Waals surface area contributed by atoms with E-state index in [0.29, 0.717) is 6.04 Å². The van der Waals surface area contributed by atoms with Crippen LogP contribution in [0.5, 0.6) is 0 Å². The van der Waals surface area contributed by atoms with Gasteiger partial charge in [0.25, 0.3) is 0 Å². The Hall–Kier alpha value is -0.580. The summed E-state index contributed by atoms with van der Waals surface area (Å²) in [6.45, 7) is 5.24. The topological polar surface area (TPSA) is 25.2 Å². The summed E-state index contributed by atoms with van der Waals surface area (Å²) in [7, 11) is 0. The Kier molecular flexibility index (Phi) is 5.03. The van der Waals surface area contributed by atoms with Crippen molar-refractivity contribution in [2.24, 2.45) is 0 Å². The minimum absolute atomic E-state index is 0.342. The maximum atomic E-state index is 5.54. The van der Waals surface area contributed by atoms with Crippen molar-refractivity contribution in [2.75, 3.05) is 6.54 Å². The lowest BCUT2D eigenvalue weighted by atomic mass is 10.0. The summed E-state index contributed by atoms with van der Waals surface area (Å²) < 4.78 is 6.73. The first-order valence-electron chi connectivity index (χ1n) is 6.28. The lowest BCUT2D eigenvalue weighted by molar-refractivity contribution is 0.488. The first-order valence-corrected chi connectivity index (χ1v) is 7.89. The average Bonchev–Trinajstić information content (AvgIpc) is 2.97. The van der Waals surface area contributed by atoms with Crippen LogP contribution < -0.4 is 5.32 Å². The van der Waals surface area contributed by atoms with Crippen molar-refractivity contribution in [3.63, 3.8) is 0 Å². The van der Waals surface area contributed by atoms with E-state index in [-0.39, 0.29) is 0 Å². The summed E-state index contributed by atoms with van der Waals surface area (Å²) in [6.07, 6.45) is 3.75. The lowest BCUT2D eigenvalue weighted by Gasteiger charge is -2.17. The second-order valence-corrected chi connectivity index (χ2v) is 6.72. The Balaban J connectivity index is 2.17. The molecular formula is C14H18BrNOS. The minimum Gasteiger partial charge on any atom is -0.469 e. The Labute approximate surface area is 121 Å². The minimum atomic E-state index is 0.342. The maximum absolute atomic E-state index is 5.54. The molecule has 2 aromatic rings. The molecule has 0 aliphatic carbocycles. The molecular weight excluding hydrogens is 310 g/mol. The Morgan fingerprint density at radius 2 is 2.17 bits per heavy atom. The normalized spacial score (nSPS) is 12.8. The highest BCUT2D eigenvalue weighted by atomic mass is 79.9. The molecule has 1 N–H and O–H groups in total. The van der Waals surface area contributed by atoms with Crippen molar-refractivity contribution in [1.82, 2.24) is 5.32 Å². The van der Waals surface area contributed by atoms with Gasteiger partial charge in [-0.05, 0) is 40.7 Å². The second kappa shape index (κ2) is 6.55. The molecule has 2 aromatic heterocycles. The molecule has 2 rings (SSSR count). The lowest BCUT2D eigenvalue weighted by Crippen LogP contribution is -2.23. The predicted octanol–water partition coefficient (Wildman–Crippen LogP) is 4.56. The summed E-state index contributed by atoms with van der Waals surface area (Å²) in [5.74, 6) is 1.09. The monoisotopic (exact) mass is 327 g/mol. The summed E-state index contributed by atoms with van der Waals surface area (Å²) in [4.78, 5) is 1.39. The quantitative estimate of drug-likeness (QED) is 0.841. The highest BCUT2D eigenvalue weighted by molar-refractivity contribution is 9.11. The molecule has 0 aliphatic heterocycles. The van der Waals surface area contributed by atoms with E-state index < -0.39 is 0 Å².